The van der Waals surface area contributed by atoms with Crippen LogP contribution in [-0.2, 0) is 6.54 Å². The van der Waals surface area contributed by atoms with Gasteiger partial charge in [0.05, 0.1) is 25.0 Å². The SMILES string of the molecule is CN=C(NCc1coc(-c2ccccc2)n1)NC1CCCN(c2ccccc2OC)C1. The maximum atomic E-state index is 5.62. The molecule has 31 heavy (non-hydrogen) atoms. The maximum absolute atomic E-state index is 5.62. The zero-order valence-corrected chi connectivity index (χ0v) is 18.0. The highest BCUT2D eigenvalue weighted by Gasteiger charge is 2.23. The molecule has 2 aromatic carbocycles. The van der Waals surface area contributed by atoms with E-state index < -0.39 is 0 Å². The van der Waals surface area contributed by atoms with Crippen molar-refractivity contribution in [3.05, 3.63) is 66.6 Å². The number of piperidine rings is 1. The van der Waals surface area contributed by atoms with E-state index in [9.17, 15) is 0 Å². The molecule has 1 aliphatic heterocycles. The van der Waals surface area contributed by atoms with E-state index in [1.54, 1.807) is 20.4 Å². The Bertz CT molecular complexity index is 1000. The molecule has 2 heterocycles. The molecule has 1 saturated heterocycles. The van der Waals surface area contributed by atoms with Gasteiger partial charge in [-0.15, -0.1) is 0 Å². The Kier molecular flexibility index (Phi) is 6.72. The van der Waals surface area contributed by atoms with E-state index in [1.165, 1.54) is 0 Å². The van der Waals surface area contributed by atoms with Crippen LogP contribution in [0.4, 0.5) is 5.69 Å². The fourth-order valence-corrected chi connectivity index (χ4v) is 3.87. The topological polar surface area (TPSA) is 74.9 Å². The molecule has 0 spiro atoms. The van der Waals surface area contributed by atoms with Gasteiger partial charge in [0.1, 0.15) is 12.0 Å². The third-order valence-electron chi connectivity index (χ3n) is 5.42. The molecule has 1 unspecified atom stereocenters. The highest BCUT2D eigenvalue weighted by atomic mass is 16.5. The number of para-hydroxylation sites is 2. The Morgan fingerprint density at radius 1 is 1.19 bits per heavy atom. The number of ether oxygens (including phenoxy) is 1. The minimum atomic E-state index is 0.294. The molecular weight excluding hydrogens is 390 g/mol. The van der Waals surface area contributed by atoms with Gasteiger partial charge in [-0.1, -0.05) is 30.3 Å². The number of guanidine groups is 1. The molecule has 7 heteroatoms. The first-order valence-electron chi connectivity index (χ1n) is 10.6. The van der Waals surface area contributed by atoms with Gasteiger partial charge < -0.3 is 24.7 Å². The van der Waals surface area contributed by atoms with Crippen LogP contribution >= 0.6 is 0 Å². The normalized spacial score (nSPS) is 16.8. The standard InChI is InChI=1S/C24H29N5O2/c1-25-24(26-15-20-17-31-23(27-20)18-9-4-3-5-10-18)28-19-11-8-14-29(16-19)21-12-6-7-13-22(21)30-2/h3-7,9-10,12-13,17,19H,8,11,14-16H2,1-2H3,(H2,25,26,28). The average Bonchev–Trinajstić information content (AvgIpc) is 3.31. The van der Waals surface area contributed by atoms with E-state index in [2.05, 4.69) is 37.6 Å². The number of rotatable bonds is 6. The lowest BCUT2D eigenvalue weighted by molar-refractivity contribution is 0.408. The van der Waals surface area contributed by atoms with Crippen LogP contribution in [0.25, 0.3) is 11.5 Å². The van der Waals surface area contributed by atoms with E-state index >= 15 is 0 Å². The monoisotopic (exact) mass is 419 g/mol. The van der Waals surface area contributed by atoms with E-state index in [4.69, 9.17) is 9.15 Å². The molecule has 2 N–H and O–H groups in total. The van der Waals surface area contributed by atoms with Crippen molar-refractivity contribution in [2.75, 3.05) is 32.1 Å². The van der Waals surface area contributed by atoms with Crippen molar-refractivity contribution >= 4 is 11.6 Å². The number of nitrogens with zero attached hydrogens (tertiary/aromatic N) is 3. The molecule has 1 atom stereocenters. The van der Waals surface area contributed by atoms with Crippen molar-refractivity contribution in [2.24, 2.45) is 4.99 Å². The summed E-state index contributed by atoms with van der Waals surface area (Å²) in [5, 5.41) is 6.90. The maximum Gasteiger partial charge on any atom is 0.226 e. The molecule has 162 valence electrons. The number of hydrogen-bond acceptors (Lipinski definition) is 5. The molecular formula is C24H29N5O2. The first kappa shape index (κ1) is 20.8. The molecule has 0 saturated carbocycles. The first-order chi connectivity index (χ1) is 15.3. The predicted octanol–water partition coefficient (Wildman–Crippen LogP) is 3.68. The fourth-order valence-electron chi connectivity index (χ4n) is 3.87. The Labute approximate surface area is 183 Å². The third kappa shape index (κ3) is 5.17. The second-order valence-electron chi connectivity index (χ2n) is 7.54. The van der Waals surface area contributed by atoms with Crippen molar-refractivity contribution in [3.63, 3.8) is 0 Å². The van der Waals surface area contributed by atoms with Crippen LogP contribution in [0.15, 0.2) is 70.3 Å². The molecule has 7 nitrogen and oxygen atoms in total. The molecule has 0 aliphatic carbocycles. The van der Waals surface area contributed by atoms with Crippen molar-refractivity contribution < 1.29 is 9.15 Å². The van der Waals surface area contributed by atoms with Crippen LogP contribution in [0.2, 0.25) is 0 Å². The summed E-state index contributed by atoms with van der Waals surface area (Å²) in [4.78, 5) is 11.3. The number of methoxy groups -OCH3 is 1. The highest BCUT2D eigenvalue weighted by Crippen LogP contribution is 2.29. The molecule has 4 rings (SSSR count). The van der Waals surface area contributed by atoms with E-state index in [-0.39, 0.29) is 0 Å². The minimum Gasteiger partial charge on any atom is -0.495 e. The number of anilines is 1. The largest absolute Gasteiger partial charge is 0.495 e. The van der Waals surface area contributed by atoms with Crippen LogP contribution in [0.1, 0.15) is 18.5 Å². The first-order valence-corrected chi connectivity index (χ1v) is 10.6. The summed E-state index contributed by atoms with van der Waals surface area (Å²) in [5.41, 5.74) is 2.94. The molecule has 3 aromatic rings. The summed E-state index contributed by atoms with van der Waals surface area (Å²) in [6.45, 7) is 2.45. The van der Waals surface area contributed by atoms with Crippen molar-refractivity contribution in [3.8, 4) is 17.2 Å². The number of benzene rings is 2. The van der Waals surface area contributed by atoms with Crippen LogP contribution < -0.4 is 20.3 Å². The van der Waals surface area contributed by atoms with Gasteiger partial charge in [-0.3, -0.25) is 4.99 Å². The highest BCUT2D eigenvalue weighted by molar-refractivity contribution is 5.80. The van der Waals surface area contributed by atoms with Gasteiger partial charge in [-0.25, -0.2) is 4.98 Å². The summed E-state index contributed by atoms with van der Waals surface area (Å²) in [7, 11) is 3.51. The zero-order chi connectivity index (χ0) is 21.5. The van der Waals surface area contributed by atoms with Gasteiger partial charge in [-0.05, 0) is 37.1 Å². The molecule has 1 fully saturated rings. The lowest BCUT2D eigenvalue weighted by Gasteiger charge is -2.36. The quantitative estimate of drug-likeness (QED) is 0.469. The Balaban J connectivity index is 1.33. The smallest absolute Gasteiger partial charge is 0.226 e. The zero-order valence-electron chi connectivity index (χ0n) is 18.0. The van der Waals surface area contributed by atoms with Gasteiger partial charge >= 0.3 is 0 Å². The Hall–Kier alpha value is -3.48. The van der Waals surface area contributed by atoms with Gasteiger partial charge in [0.25, 0.3) is 0 Å². The lowest BCUT2D eigenvalue weighted by atomic mass is 10.0. The van der Waals surface area contributed by atoms with E-state index in [0.29, 0.717) is 18.5 Å². The predicted molar refractivity (Wildman–Crippen MR) is 124 cm³/mol. The van der Waals surface area contributed by atoms with Crippen LogP contribution in [0, 0.1) is 0 Å². The van der Waals surface area contributed by atoms with Crippen LogP contribution in [0.5, 0.6) is 5.75 Å². The Morgan fingerprint density at radius 3 is 2.81 bits per heavy atom. The summed E-state index contributed by atoms with van der Waals surface area (Å²) in [6, 6.07) is 18.4. The van der Waals surface area contributed by atoms with Crippen molar-refractivity contribution in [1.29, 1.82) is 0 Å². The second kappa shape index (κ2) is 10.0. The fraction of sp³-hybridized carbons (Fsp3) is 0.333. The lowest BCUT2D eigenvalue weighted by Crippen LogP contribution is -2.51. The number of aliphatic imine (C=N–C) groups is 1. The number of oxazole rings is 1. The summed E-state index contributed by atoms with van der Waals surface area (Å²) < 4.78 is 11.2. The van der Waals surface area contributed by atoms with Gasteiger partial charge in [0.2, 0.25) is 5.89 Å². The van der Waals surface area contributed by atoms with Gasteiger partial charge in [-0.2, -0.15) is 0 Å². The Morgan fingerprint density at radius 2 is 2.00 bits per heavy atom. The molecule has 1 aliphatic rings. The van der Waals surface area contributed by atoms with Crippen molar-refractivity contribution in [1.82, 2.24) is 15.6 Å². The van der Waals surface area contributed by atoms with Gasteiger partial charge in [0, 0.05) is 31.7 Å². The molecule has 0 radical (unpaired) electrons. The third-order valence-corrected chi connectivity index (χ3v) is 5.42. The molecule has 1 aromatic heterocycles. The molecule has 0 amide bonds. The van der Waals surface area contributed by atoms with Crippen LogP contribution in [0.3, 0.4) is 0 Å². The van der Waals surface area contributed by atoms with Crippen LogP contribution in [-0.4, -0.2) is 44.2 Å². The number of hydrogen-bond donors (Lipinski definition) is 2. The minimum absolute atomic E-state index is 0.294. The summed E-state index contributed by atoms with van der Waals surface area (Å²) in [6.07, 6.45) is 3.89. The van der Waals surface area contributed by atoms with E-state index in [0.717, 1.165) is 54.6 Å². The number of aromatic nitrogens is 1. The summed E-state index contributed by atoms with van der Waals surface area (Å²) in [5.74, 6) is 2.29. The molecule has 0 bridgehead atoms. The number of nitrogens with one attached hydrogen (secondary N) is 2. The average molecular weight is 420 g/mol. The van der Waals surface area contributed by atoms with E-state index in [1.807, 2.05) is 42.5 Å². The van der Waals surface area contributed by atoms with Crippen molar-refractivity contribution in [2.45, 2.75) is 25.4 Å². The summed E-state index contributed by atoms with van der Waals surface area (Å²) >= 11 is 0. The van der Waals surface area contributed by atoms with Gasteiger partial charge in [0.15, 0.2) is 5.96 Å². The second-order valence-corrected chi connectivity index (χ2v) is 7.54.